The molecule has 5 N–H and O–H groups in total. The Morgan fingerprint density at radius 2 is 2.14 bits per heavy atom. The van der Waals surface area contributed by atoms with E-state index in [1.165, 1.54) is 0 Å². The summed E-state index contributed by atoms with van der Waals surface area (Å²) >= 11 is 0. The molecular formula is C25H37N5O5. The Hall–Kier alpha value is -3.11. The van der Waals surface area contributed by atoms with Gasteiger partial charge in [0.05, 0.1) is 7.11 Å². The van der Waals surface area contributed by atoms with Crippen LogP contribution in [0.15, 0.2) is 18.2 Å². The topological polar surface area (TPSA) is 143 Å². The number of rotatable bonds is 12. The van der Waals surface area contributed by atoms with E-state index >= 15 is 0 Å². The predicted octanol–water partition coefficient (Wildman–Crippen LogP) is 3.55. The number of nitrogens with one attached hydrogen (secondary N) is 1. The summed E-state index contributed by atoms with van der Waals surface area (Å²) < 4.78 is 10.7. The van der Waals surface area contributed by atoms with Gasteiger partial charge in [-0.2, -0.15) is 4.98 Å². The molecule has 1 saturated heterocycles. The third-order valence-corrected chi connectivity index (χ3v) is 6.33. The number of nitrogen functional groups attached to an aromatic ring is 1. The number of likely N-dealkylation sites (tertiary alicyclic amines) is 1. The van der Waals surface area contributed by atoms with E-state index in [1.807, 2.05) is 30.0 Å². The Morgan fingerprint density at radius 1 is 1.34 bits per heavy atom. The van der Waals surface area contributed by atoms with Crippen LogP contribution in [0.1, 0.15) is 61.4 Å². The van der Waals surface area contributed by atoms with Gasteiger partial charge in [0, 0.05) is 43.4 Å². The second-order valence-electron chi connectivity index (χ2n) is 8.91. The van der Waals surface area contributed by atoms with Gasteiger partial charge in [-0.3, -0.25) is 4.90 Å². The molecule has 1 aliphatic heterocycles. The van der Waals surface area contributed by atoms with E-state index in [1.54, 1.807) is 7.11 Å². The summed E-state index contributed by atoms with van der Waals surface area (Å²) in [5, 5.41) is 21.9. The van der Waals surface area contributed by atoms with Crippen LogP contribution >= 0.6 is 0 Å². The van der Waals surface area contributed by atoms with Gasteiger partial charge in [0.1, 0.15) is 11.6 Å². The minimum Gasteiger partial charge on any atom is -0.496 e. The molecule has 0 bridgehead atoms. The second-order valence-corrected chi connectivity index (χ2v) is 8.91. The lowest BCUT2D eigenvalue weighted by molar-refractivity contribution is -0.0169. The molecule has 1 aliphatic rings. The number of ether oxygens (including phenoxy) is 2. The van der Waals surface area contributed by atoms with Crippen molar-refractivity contribution in [1.29, 1.82) is 0 Å². The van der Waals surface area contributed by atoms with Gasteiger partial charge < -0.3 is 30.7 Å². The van der Waals surface area contributed by atoms with Crippen LogP contribution in [0.5, 0.6) is 5.75 Å². The number of nitrogens with two attached hydrogens (primary N) is 1. The highest BCUT2D eigenvalue weighted by molar-refractivity contribution is 5.57. The summed E-state index contributed by atoms with van der Waals surface area (Å²) in [7, 11) is 1.64. The molecule has 0 amide bonds. The lowest BCUT2D eigenvalue weighted by Crippen LogP contribution is -2.32. The maximum atomic E-state index is 11.0. The zero-order valence-electron chi connectivity index (χ0n) is 20.8. The number of benzene rings is 1. The molecule has 1 fully saturated rings. The Bertz CT molecular complexity index is 996. The molecule has 0 unspecified atom stereocenters. The molecule has 35 heavy (non-hydrogen) atoms. The Morgan fingerprint density at radius 3 is 2.83 bits per heavy atom. The molecule has 1 aromatic carbocycles. The number of aryl methyl sites for hydroxylation is 1. The van der Waals surface area contributed by atoms with Crippen LogP contribution in [-0.4, -0.2) is 63.8 Å². The quantitative estimate of drug-likeness (QED) is 0.328. The van der Waals surface area contributed by atoms with E-state index in [0.717, 1.165) is 53.9 Å². The summed E-state index contributed by atoms with van der Waals surface area (Å²) in [6.07, 6.45) is 2.98. The fourth-order valence-electron chi connectivity index (χ4n) is 4.62. The van der Waals surface area contributed by atoms with Crippen LogP contribution in [0.3, 0.4) is 0 Å². The molecule has 2 aromatic rings. The normalized spacial score (nSPS) is 16.7. The molecule has 0 spiro atoms. The summed E-state index contributed by atoms with van der Waals surface area (Å²) in [6, 6.07) is 6.12. The van der Waals surface area contributed by atoms with Crippen molar-refractivity contribution in [3.63, 3.8) is 0 Å². The highest BCUT2D eigenvalue weighted by atomic mass is 16.7. The molecule has 2 atom stereocenters. The number of carbonyl (C=O) groups is 1. The maximum absolute atomic E-state index is 11.0. The summed E-state index contributed by atoms with van der Waals surface area (Å²) in [6.45, 7) is 5.47. The van der Waals surface area contributed by atoms with E-state index in [0.29, 0.717) is 31.6 Å². The number of methoxy groups -OCH3 is 1. The number of hydrogen-bond acceptors (Lipinski definition) is 9. The van der Waals surface area contributed by atoms with Crippen molar-refractivity contribution in [2.24, 2.45) is 0 Å². The first-order chi connectivity index (χ1) is 16.8. The van der Waals surface area contributed by atoms with E-state index in [2.05, 4.69) is 22.2 Å². The summed E-state index contributed by atoms with van der Waals surface area (Å²) in [5.74, 6) is 1.62. The number of aromatic nitrogens is 2. The fraction of sp³-hybridized carbons (Fsp3) is 0.560. The molecule has 0 saturated carbocycles. The molecular weight excluding hydrogens is 450 g/mol. The van der Waals surface area contributed by atoms with Crippen LogP contribution < -0.4 is 15.8 Å². The fourth-order valence-corrected chi connectivity index (χ4v) is 4.62. The lowest BCUT2D eigenvalue weighted by Gasteiger charge is -2.24. The van der Waals surface area contributed by atoms with Crippen molar-refractivity contribution >= 4 is 17.9 Å². The number of anilines is 2. The summed E-state index contributed by atoms with van der Waals surface area (Å²) in [5.41, 5.74) is 9.66. The zero-order chi connectivity index (χ0) is 25.4. The van der Waals surface area contributed by atoms with Gasteiger partial charge in [0.15, 0.2) is 6.23 Å². The predicted molar refractivity (Wildman–Crippen MR) is 134 cm³/mol. The van der Waals surface area contributed by atoms with Crippen molar-refractivity contribution in [1.82, 2.24) is 14.9 Å². The van der Waals surface area contributed by atoms with Crippen molar-refractivity contribution in [3.05, 3.63) is 40.6 Å². The number of nitrogens with zero attached hydrogens (tertiary/aromatic N) is 3. The smallest absolute Gasteiger partial charge is 0.496 e. The minimum atomic E-state index is -1.25. The Balaban J connectivity index is 1.82. The van der Waals surface area contributed by atoms with Crippen molar-refractivity contribution in [3.8, 4) is 5.75 Å². The monoisotopic (exact) mass is 487 g/mol. The van der Waals surface area contributed by atoms with Gasteiger partial charge in [-0.25, -0.2) is 9.78 Å². The third kappa shape index (κ3) is 7.19. The first kappa shape index (κ1) is 26.5. The number of aliphatic hydroxyl groups excluding tert-OH is 1. The van der Waals surface area contributed by atoms with Crippen LogP contribution in [0.2, 0.25) is 0 Å². The molecule has 1 aromatic heterocycles. The van der Waals surface area contributed by atoms with Gasteiger partial charge in [0.2, 0.25) is 5.95 Å². The van der Waals surface area contributed by atoms with Crippen LogP contribution in [0.4, 0.5) is 16.6 Å². The Kier molecular flexibility index (Phi) is 9.50. The van der Waals surface area contributed by atoms with Gasteiger partial charge >= 0.3 is 6.16 Å². The molecule has 10 nitrogen and oxygen atoms in total. The first-order valence-electron chi connectivity index (χ1n) is 12.1. The number of carboxylic acid groups (broad SMARTS) is 1. The van der Waals surface area contributed by atoms with E-state index in [-0.39, 0.29) is 18.6 Å². The van der Waals surface area contributed by atoms with E-state index in [9.17, 15) is 9.90 Å². The van der Waals surface area contributed by atoms with Gasteiger partial charge in [-0.1, -0.05) is 25.5 Å². The average molecular weight is 488 g/mol. The van der Waals surface area contributed by atoms with Gasteiger partial charge in [-0.15, -0.1) is 0 Å². The molecule has 3 rings (SSSR count). The number of aliphatic hydroxyl groups is 1. The minimum absolute atomic E-state index is 0.0862. The molecule has 10 heteroatoms. The number of hydrogen-bond donors (Lipinski definition) is 4. The average Bonchev–Trinajstić information content (AvgIpc) is 3.22. The SMILES string of the molecule is CCC[C@@H](CCO)Nc1nc(N)nc(C)c1Cc1ccc(CN2CCC[C@H]2OC(=O)O)cc1OC. The zero-order valence-corrected chi connectivity index (χ0v) is 20.8. The summed E-state index contributed by atoms with van der Waals surface area (Å²) in [4.78, 5) is 21.9. The van der Waals surface area contributed by atoms with Gasteiger partial charge in [-0.05, 0) is 49.8 Å². The highest BCUT2D eigenvalue weighted by Gasteiger charge is 2.28. The second kappa shape index (κ2) is 12.6. The van der Waals surface area contributed by atoms with Crippen LogP contribution in [0.25, 0.3) is 0 Å². The third-order valence-electron chi connectivity index (χ3n) is 6.33. The largest absolute Gasteiger partial charge is 0.507 e. The van der Waals surface area contributed by atoms with E-state index < -0.39 is 12.4 Å². The van der Waals surface area contributed by atoms with Crippen LogP contribution in [0, 0.1) is 6.92 Å². The molecule has 0 aliphatic carbocycles. The molecule has 192 valence electrons. The Labute approximate surface area is 206 Å². The van der Waals surface area contributed by atoms with Crippen molar-refractivity contribution in [2.45, 2.75) is 71.2 Å². The van der Waals surface area contributed by atoms with Crippen molar-refractivity contribution in [2.75, 3.05) is 31.3 Å². The standard InChI is InChI=1S/C25H37N5O5/c1-4-6-19(10-12-31)28-23-20(16(2)27-24(26)29-23)14-18-9-8-17(13-21(18)34-3)15-30-11-5-7-22(30)35-25(32)33/h8-9,13,19,22,31H,4-7,10-12,14-15H2,1-3H3,(H,32,33)(H3,26,27,28,29)/t19-,22+/m0/s1. The van der Waals surface area contributed by atoms with Crippen LogP contribution in [-0.2, 0) is 17.7 Å². The van der Waals surface area contributed by atoms with Gasteiger partial charge in [0.25, 0.3) is 0 Å². The first-order valence-corrected chi connectivity index (χ1v) is 12.1. The van der Waals surface area contributed by atoms with Crippen molar-refractivity contribution < 1.29 is 24.5 Å². The molecule has 2 heterocycles. The molecule has 0 radical (unpaired) electrons. The highest BCUT2D eigenvalue weighted by Crippen LogP contribution is 2.30. The lowest BCUT2D eigenvalue weighted by atomic mass is 10.0. The van der Waals surface area contributed by atoms with E-state index in [4.69, 9.17) is 20.3 Å². The maximum Gasteiger partial charge on any atom is 0.507 e.